The molecule has 0 radical (unpaired) electrons. The Morgan fingerprint density at radius 3 is 2.25 bits per heavy atom. The fraction of sp³-hybridized carbons (Fsp3) is 0.750. The van der Waals surface area contributed by atoms with Crippen molar-refractivity contribution < 1.29 is 19.4 Å². The van der Waals surface area contributed by atoms with Crippen molar-refractivity contribution in [1.82, 2.24) is 0 Å². The van der Waals surface area contributed by atoms with Crippen LogP contribution in [0.4, 0.5) is 0 Å². The van der Waals surface area contributed by atoms with E-state index in [2.05, 4.69) is 4.74 Å². The maximum Gasteiger partial charge on any atom is 0.313 e. The molecule has 1 N–H and O–H groups in total. The van der Waals surface area contributed by atoms with Gasteiger partial charge in [0.25, 0.3) is 0 Å². The summed E-state index contributed by atoms with van der Waals surface area (Å²) in [4.78, 5) is 21.6. The Kier molecular flexibility index (Phi) is 3.89. The lowest BCUT2D eigenvalue weighted by molar-refractivity contribution is -0.144. The van der Waals surface area contributed by atoms with Crippen LogP contribution >= 0.6 is 0 Å². The van der Waals surface area contributed by atoms with E-state index in [0.29, 0.717) is 0 Å². The second-order valence-corrected chi connectivity index (χ2v) is 3.28. The van der Waals surface area contributed by atoms with Gasteiger partial charge in [0.1, 0.15) is 12.2 Å². The van der Waals surface area contributed by atoms with Crippen LogP contribution < -0.4 is 0 Å². The summed E-state index contributed by atoms with van der Waals surface area (Å²) in [5, 5.41) is 9.20. The normalized spacial score (nSPS) is 11.0. The van der Waals surface area contributed by atoms with Gasteiger partial charge in [-0.05, 0) is 13.8 Å². The maximum atomic E-state index is 11.0. The van der Waals surface area contributed by atoms with Crippen molar-refractivity contribution >= 4 is 11.8 Å². The zero-order chi connectivity index (χ0) is 9.78. The minimum absolute atomic E-state index is 0.0257. The second kappa shape index (κ2) is 4.21. The number of ether oxygens (including phenoxy) is 1. The first kappa shape index (κ1) is 11.1. The molecule has 0 aliphatic rings. The van der Waals surface area contributed by atoms with Crippen LogP contribution in [0.1, 0.15) is 26.7 Å². The fourth-order valence-electron chi connectivity index (χ4n) is 0.778. The van der Waals surface area contributed by atoms with Gasteiger partial charge >= 0.3 is 5.97 Å². The quantitative estimate of drug-likeness (QED) is 0.491. The van der Waals surface area contributed by atoms with Gasteiger partial charge < -0.3 is 9.84 Å². The van der Waals surface area contributed by atoms with Crippen LogP contribution in [0.2, 0.25) is 0 Å². The smallest absolute Gasteiger partial charge is 0.313 e. The van der Waals surface area contributed by atoms with Crippen LogP contribution in [0, 0.1) is 0 Å². The summed E-state index contributed by atoms with van der Waals surface area (Å²) < 4.78 is 4.29. The maximum absolute atomic E-state index is 11.0. The highest BCUT2D eigenvalue weighted by Gasteiger charge is 2.19. The van der Waals surface area contributed by atoms with E-state index in [4.69, 9.17) is 0 Å². The summed E-state index contributed by atoms with van der Waals surface area (Å²) >= 11 is 0. The highest BCUT2D eigenvalue weighted by atomic mass is 16.5. The van der Waals surface area contributed by atoms with Gasteiger partial charge in [0.05, 0.1) is 12.7 Å². The molecule has 0 fully saturated rings. The van der Waals surface area contributed by atoms with E-state index >= 15 is 0 Å². The monoisotopic (exact) mass is 174 g/mol. The molecule has 0 spiro atoms. The molecule has 0 aromatic carbocycles. The van der Waals surface area contributed by atoms with E-state index in [-0.39, 0.29) is 18.6 Å². The van der Waals surface area contributed by atoms with Gasteiger partial charge in [-0.2, -0.15) is 0 Å². The highest BCUT2D eigenvalue weighted by molar-refractivity contribution is 5.95. The van der Waals surface area contributed by atoms with E-state index in [1.165, 1.54) is 21.0 Å². The zero-order valence-electron chi connectivity index (χ0n) is 7.59. The van der Waals surface area contributed by atoms with Crippen LogP contribution in [0.25, 0.3) is 0 Å². The molecule has 0 saturated heterocycles. The molecule has 4 heteroatoms. The van der Waals surface area contributed by atoms with Crippen molar-refractivity contribution in [1.29, 1.82) is 0 Å². The van der Waals surface area contributed by atoms with Gasteiger partial charge in [-0.25, -0.2) is 0 Å². The van der Waals surface area contributed by atoms with E-state index in [9.17, 15) is 14.7 Å². The predicted octanol–water partition coefficient (Wildman–Crippen LogP) is 0.280. The third kappa shape index (κ3) is 5.85. The van der Waals surface area contributed by atoms with Gasteiger partial charge in [0, 0.05) is 6.42 Å². The molecule has 0 unspecified atom stereocenters. The molecular weight excluding hydrogens is 160 g/mol. The summed E-state index contributed by atoms with van der Waals surface area (Å²) in [6.07, 6.45) is -0.289. The molecule has 0 saturated carbocycles. The lowest BCUT2D eigenvalue weighted by atomic mass is 10.0. The largest absolute Gasteiger partial charge is 0.469 e. The van der Waals surface area contributed by atoms with Gasteiger partial charge in [0.15, 0.2) is 0 Å². The third-order valence-electron chi connectivity index (χ3n) is 1.20. The molecule has 0 rings (SSSR count). The first-order valence-corrected chi connectivity index (χ1v) is 3.66. The zero-order valence-corrected chi connectivity index (χ0v) is 7.59. The first-order valence-electron chi connectivity index (χ1n) is 3.66. The van der Waals surface area contributed by atoms with Crippen LogP contribution in [-0.2, 0) is 14.3 Å². The Morgan fingerprint density at radius 2 is 1.92 bits per heavy atom. The molecule has 70 valence electrons. The highest BCUT2D eigenvalue weighted by Crippen LogP contribution is 2.09. The van der Waals surface area contributed by atoms with E-state index in [0.717, 1.165) is 0 Å². The van der Waals surface area contributed by atoms with Crippen molar-refractivity contribution in [3.8, 4) is 0 Å². The molecule has 0 aromatic rings. The molecule has 0 atom stereocenters. The summed E-state index contributed by atoms with van der Waals surface area (Å²) in [5.74, 6) is -0.876. The summed E-state index contributed by atoms with van der Waals surface area (Å²) in [6, 6.07) is 0. The van der Waals surface area contributed by atoms with Crippen molar-refractivity contribution in [3.63, 3.8) is 0 Å². The number of hydrogen-bond donors (Lipinski definition) is 1. The molecule has 12 heavy (non-hydrogen) atoms. The molecule has 0 bridgehead atoms. The summed E-state index contributed by atoms with van der Waals surface area (Å²) in [6.45, 7) is 3.03. The Hall–Kier alpha value is -0.900. The number of carbonyl (C=O) groups excluding carboxylic acids is 2. The SMILES string of the molecule is COC(=O)CC(=O)CC(C)(C)O. The number of Topliss-reactive ketones (excluding diaryl/α,β-unsaturated/α-hetero) is 1. The molecule has 0 aliphatic heterocycles. The minimum Gasteiger partial charge on any atom is -0.469 e. The number of ketones is 1. The topological polar surface area (TPSA) is 63.6 Å². The van der Waals surface area contributed by atoms with E-state index in [1.54, 1.807) is 0 Å². The molecule has 0 aliphatic carbocycles. The standard InChI is InChI=1S/C8H14O4/c1-8(2,11)5-6(9)4-7(10)12-3/h11H,4-5H2,1-3H3. The van der Waals surface area contributed by atoms with Crippen molar-refractivity contribution in [2.24, 2.45) is 0 Å². The number of methoxy groups -OCH3 is 1. The van der Waals surface area contributed by atoms with Crippen LogP contribution in [-0.4, -0.2) is 29.6 Å². The Balaban J connectivity index is 3.83. The average Bonchev–Trinajstić information content (AvgIpc) is 1.82. The van der Waals surface area contributed by atoms with Crippen LogP contribution in [0.3, 0.4) is 0 Å². The number of carbonyl (C=O) groups is 2. The number of aliphatic hydroxyl groups is 1. The van der Waals surface area contributed by atoms with Crippen molar-refractivity contribution in [2.45, 2.75) is 32.3 Å². The van der Waals surface area contributed by atoms with Crippen molar-refractivity contribution in [3.05, 3.63) is 0 Å². The number of esters is 1. The predicted molar refractivity (Wildman–Crippen MR) is 42.6 cm³/mol. The molecular formula is C8H14O4. The van der Waals surface area contributed by atoms with Gasteiger partial charge in [-0.15, -0.1) is 0 Å². The Bertz CT molecular complexity index is 178. The van der Waals surface area contributed by atoms with Crippen LogP contribution in [0.15, 0.2) is 0 Å². The molecule has 4 nitrogen and oxygen atoms in total. The Morgan fingerprint density at radius 1 is 1.42 bits per heavy atom. The lowest BCUT2D eigenvalue weighted by Crippen LogP contribution is -2.24. The first-order chi connectivity index (χ1) is 5.35. The van der Waals surface area contributed by atoms with E-state index in [1.807, 2.05) is 0 Å². The van der Waals surface area contributed by atoms with Crippen LogP contribution in [0.5, 0.6) is 0 Å². The summed E-state index contributed by atoms with van der Waals surface area (Å²) in [7, 11) is 1.22. The summed E-state index contributed by atoms with van der Waals surface area (Å²) in [5.41, 5.74) is -1.05. The van der Waals surface area contributed by atoms with E-state index < -0.39 is 11.6 Å². The molecule has 0 heterocycles. The van der Waals surface area contributed by atoms with Gasteiger partial charge in [-0.1, -0.05) is 0 Å². The average molecular weight is 174 g/mol. The number of hydrogen-bond acceptors (Lipinski definition) is 4. The third-order valence-corrected chi connectivity index (χ3v) is 1.20. The van der Waals surface area contributed by atoms with Gasteiger partial charge in [-0.3, -0.25) is 9.59 Å². The van der Waals surface area contributed by atoms with Crippen molar-refractivity contribution in [2.75, 3.05) is 7.11 Å². The molecule has 0 aromatic heterocycles. The molecule has 0 amide bonds. The number of rotatable bonds is 4. The lowest BCUT2D eigenvalue weighted by Gasteiger charge is -2.14. The fourth-order valence-corrected chi connectivity index (χ4v) is 0.778. The Labute approximate surface area is 71.5 Å². The minimum atomic E-state index is -1.05. The second-order valence-electron chi connectivity index (χ2n) is 3.28. The van der Waals surface area contributed by atoms with Gasteiger partial charge in [0.2, 0.25) is 0 Å².